The average Bonchev–Trinajstić information content (AvgIpc) is 2.40. The predicted molar refractivity (Wildman–Crippen MR) is 76.9 cm³/mol. The van der Waals surface area contributed by atoms with Crippen LogP contribution in [0.5, 0.6) is 0 Å². The Bertz CT molecular complexity index is 366. The van der Waals surface area contributed by atoms with Gasteiger partial charge in [0.2, 0.25) is 5.91 Å². The van der Waals surface area contributed by atoms with Gasteiger partial charge in [0.05, 0.1) is 12.5 Å². The molecule has 19 heavy (non-hydrogen) atoms. The smallest absolute Gasteiger partial charge is 0.228 e. The highest BCUT2D eigenvalue weighted by Crippen LogP contribution is 2.13. The summed E-state index contributed by atoms with van der Waals surface area (Å²) in [5.41, 5.74) is 6.63. The van der Waals surface area contributed by atoms with Crippen LogP contribution >= 0.6 is 0 Å². The summed E-state index contributed by atoms with van der Waals surface area (Å²) in [6.07, 6.45) is 0. The summed E-state index contributed by atoms with van der Waals surface area (Å²) in [5.74, 6) is 0.185. The van der Waals surface area contributed by atoms with Crippen LogP contribution in [0.3, 0.4) is 0 Å². The first-order valence-corrected chi connectivity index (χ1v) is 6.75. The lowest BCUT2D eigenvalue weighted by atomic mass is 9.98. The van der Waals surface area contributed by atoms with Crippen LogP contribution in [-0.2, 0) is 9.53 Å². The molecule has 106 valence electrons. The van der Waals surface area contributed by atoms with E-state index in [4.69, 9.17) is 10.5 Å². The lowest BCUT2D eigenvalue weighted by Gasteiger charge is -2.15. The molecule has 1 rings (SSSR count). The van der Waals surface area contributed by atoms with Crippen LogP contribution in [-0.4, -0.2) is 32.2 Å². The van der Waals surface area contributed by atoms with E-state index in [-0.39, 0.29) is 11.8 Å². The number of benzene rings is 1. The summed E-state index contributed by atoms with van der Waals surface area (Å²) in [6, 6.07) is 9.60. The van der Waals surface area contributed by atoms with Crippen LogP contribution in [0.15, 0.2) is 30.3 Å². The number of rotatable bonds is 8. The Kier molecular flexibility index (Phi) is 7.15. The minimum absolute atomic E-state index is 0.0400. The molecule has 4 nitrogen and oxygen atoms in total. The Balaban J connectivity index is 2.35. The number of carbonyl (C=O) groups is 1. The Morgan fingerprint density at radius 1 is 1.32 bits per heavy atom. The fraction of sp³-hybridized carbons (Fsp3) is 0.533. The van der Waals surface area contributed by atoms with Crippen molar-refractivity contribution < 1.29 is 9.53 Å². The van der Waals surface area contributed by atoms with Crippen molar-refractivity contribution in [1.82, 2.24) is 5.32 Å². The fourth-order valence-electron chi connectivity index (χ4n) is 1.77. The van der Waals surface area contributed by atoms with Crippen LogP contribution in [0.4, 0.5) is 0 Å². The summed E-state index contributed by atoms with van der Waals surface area (Å²) < 4.78 is 5.42. The molecule has 3 N–H and O–H groups in total. The van der Waals surface area contributed by atoms with Crippen LogP contribution < -0.4 is 11.1 Å². The molecule has 1 aromatic carbocycles. The van der Waals surface area contributed by atoms with Crippen molar-refractivity contribution in [2.75, 3.05) is 26.3 Å². The number of hydrogen-bond donors (Lipinski definition) is 2. The van der Waals surface area contributed by atoms with E-state index in [1.54, 1.807) is 0 Å². The van der Waals surface area contributed by atoms with Gasteiger partial charge in [-0.25, -0.2) is 0 Å². The van der Waals surface area contributed by atoms with Gasteiger partial charge in [-0.1, -0.05) is 44.2 Å². The second-order valence-electron chi connectivity index (χ2n) is 4.96. The largest absolute Gasteiger partial charge is 0.379 e. The highest BCUT2D eigenvalue weighted by molar-refractivity contribution is 5.83. The molecule has 1 atom stereocenters. The van der Waals surface area contributed by atoms with Crippen molar-refractivity contribution >= 4 is 5.91 Å². The molecule has 0 spiro atoms. The van der Waals surface area contributed by atoms with Gasteiger partial charge in [0.15, 0.2) is 0 Å². The van der Waals surface area contributed by atoms with Gasteiger partial charge in [-0.15, -0.1) is 0 Å². The van der Waals surface area contributed by atoms with E-state index < -0.39 is 0 Å². The lowest BCUT2D eigenvalue weighted by molar-refractivity contribution is -0.122. The normalized spacial score (nSPS) is 12.4. The summed E-state index contributed by atoms with van der Waals surface area (Å²) in [7, 11) is 0. The molecular formula is C15H24N2O2. The Hall–Kier alpha value is -1.39. The molecule has 1 unspecified atom stereocenters. The first kappa shape index (κ1) is 15.7. The van der Waals surface area contributed by atoms with Crippen LogP contribution in [0.2, 0.25) is 0 Å². The topological polar surface area (TPSA) is 64.3 Å². The van der Waals surface area contributed by atoms with Gasteiger partial charge in [0.1, 0.15) is 0 Å². The monoisotopic (exact) mass is 264 g/mol. The van der Waals surface area contributed by atoms with E-state index in [9.17, 15) is 4.79 Å². The second-order valence-corrected chi connectivity index (χ2v) is 4.96. The SMILES string of the molecule is CC(C)COCCNC(=O)C(CN)c1ccccc1. The predicted octanol–water partition coefficient (Wildman–Crippen LogP) is 1.52. The number of amides is 1. The minimum atomic E-state index is -0.286. The van der Waals surface area contributed by atoms with Crippen molar-refractivity contribution in [3.63, 3.8) is 0 Å². The quantitative estimate of drug-likeness (QED) is 0.700. The zero-order valence-electron chi connectivity index (χ0n) is 11.8. The van der Waals surface area contributed by atoms with Crippen molar-refractivity contribution in [3.05, 3.63) is 35.9 Å². The first-order chi connectivity index (χ1) is 9.15. The lowest BCUT2D eigenvalue weighted by Crippen LogP contribution is -2.35. The molecule has 0 heterocycles. The Morgan fingerprint density at radius 3 is 2.58 bits per heavy atom. The van der Waals surface area contributed by atoms with Gasteiger partial charge in [-0.3, -0.25) is 4.79 Å². The molecule has 1 amide bonds. The van der Waals surface area contributed by atoms with Gasteiger partial charge < -0.3 is 15.8 Å². The maximum absolute atomic E-state index is 12.0. The minimum Gasteiger partial charge on any atom is -0.379 e. The van der Waals surface area contributed by atoms with Crippen LogP contribution in [0.1, 0.15) is 25.3 Å². The third kappa shape index (κ3) is 5.85. The van der Waals surface area contributed by atoms with Crippen molar-refractivity contribution in [3.8, 4) is 0 Å². The standard InChI is InChI=1S/C15H24N2O2/c1-12(2)11-19-9-8-17-15(18)14(10-16)13-6-4-3-5-7-13/h3-7,12,14H,8-11,16H2,1-2H3,(H,17,18). The number of hydrogen-bond acceptors (Lipinski definition) is 3. The zero-order valence-corrected chi connectivity index (χ0v) is 11.8. The first-order valence-electron chi connectivity index (χ1n) is 6.75. The van der Waals surface area contributed by atoms with Crippen molar-refractivity contribution in [2.24, 2.45) is 11.7 Å². The van der Waals surface area contributed by atoms with E-state index in [0.717, 1.165) is 12.2 Å². The molecule has 1 aromatic rings. The molecule has 0 aliphatic rings. The molecule has 0 saturated carbocycles. The van der Waals surface area contributed by atoms with E-state index in [2.05, 4.69) is 19.2 Å². The number of nitrogens with one attached hydrogen (secondary N) is 1. The number of carbonyl (C=O) groups excluding carboxylic acids is 1. The van der Waals surface area contributed by atoms with Gasteiger partial charge in [0.25, 0.3) is 0 Å². The zero-order chi connectivity index (χ0) is 14.1. The highest BCUT2D eigenvalue weighted by Gasteiger charge is 2.17. The van der Waals surface area contributed by atoms with Crippen LogP contribution in [0, 0.1) is 5.92 Å². The molecular weight excluding hydrogens is 240 g/mol. The molecule has 0 aromatic heterocycles. The van der Waals surface area contributed by atoms with E-state index in [1.807, 2.05) is 30.3 Å². The Labute approximate surface area is 115 Å². The summed E-state index contributed by atoms with van der Waals surface area (Å²) in [5, 5.41) is 2.86. The Morgan fingerprint density at radius 2 is 2.00 bits per heavy atom. The van der Waals surface area contributed by atoms with Gasteiger partial charge in [-0.2, -0.15) is 0 Å². The molecule has 0 aliphatic carbocycles. The van der Waals surface area contributed by atoms with Crippen molar-refractivity contribution in [2.45, 2.75) is 19.8 Å². The van der Waals surface area contributed by atoms with Gasteiger partial charge in [0, 0.05) is 19.7 Å². The molecule has 0 fully saturated rings. The molecule has 0 radical (unpaired) electrons. The summed E-state index contributed by atoms with van der Waals surface area (Å²) in [6.45, 7) is 6.28. The molecule has 4 heteroatoms. The second kappa shape index (κ2) is 8.67. The maximum Gasteiger partial charge on any atom is 0.228 e. The van der Waals surface area contributed by atoms with E-state index >= 15 is 0 Å². The third-order valence-corrected chi connectivity index (χ3v) is 2.75. The fourth-order valence-corrected chi connectivity index (χ4v) is 1.77. The number of ether oxygens (including phenoxy) is 1. The maximum atomic E-state index is 12.0. The van der Waals surface area contributed by atoms with Crippen LogP contribution in [0.25, 0.3) is 0 Å². The summed E-state index contributed by atoms with van der Waals surface area (Å²) in [4.78, 5) is 12.0. The van der Waals surface area contributed by atoms with Gasteiger partial charge >= 0.3 is 0 Å². The van der Waals surface area contributed by atoms with Crippen molar-refractivity contribution in [1.29, 1.82) is 0 Å². The van der Waals surface area contributed by atoms with E-state index in [0.29, 0.717) is 25.6 Å². The highest BCUT2D eigenvalue weighted by atomic mass is 16.5. The van der Waals surface area contributed by atoms with E-state index in [1.165, 1.54) is 0 Å². The van der Waals surface area contributed by atoms with Gasteiger partial charge in [-0.05, 0) is 11.5 Å². The summed E-state index contributed by atoms with van der Waals surface area (Å²) >= 11 is 0. The third-order valence-electron chi connectivity index (χ3n) is 2.75. The number of nitrogens with two attached hydrogens (primary N) is 1. The molecule has 0 bridgehead atoms. The molecule has 0 saturated heterocycles. The average molecular weight is 264 g/mol. The molecule has 0 aliphatic heterocycles.